The number of benzene rings is 2. The minimum absolute atomic E-state index is 0.142. The van der Waals surface area contributed by atoms with E-state index < -0.39 is 0 Å². The van der Waals surface area contributed by atoms with Crippen LogP contribution in [-0.4, -0.2) is 15.6 Å². The largest absolute Gasteiger partial charge is 0.318 e. The average Bonchev–Trinajstić information content (AvgIpc) is 3.14. The number of carbonyl (C=O) groups excluding carboxylic acids is 1. The Labute approximate surface area is 179 Å². The molecule has 1 amide bonds. The van der Waals surface area contributed by atoms with Crippen molar-refractivity contribution in [1.29, 1.82) is 0 Å². The van der Waals surface area contributed by atoms with E-state index in [9.17, 15) is 4.79 Å². The number of nitrogens with zero attached hydrogens (tertiary/aromatic N) is 2. The highest BCUT2D eigenvalue weighted by atomic mass is 35.5. The van der Waals surface area contributed by atoms with Gasteiger partial charge < -0.3 is 9.88 Å². The SMILES string of the molecule is Cc1cccc(-n2c(C)cc(/C=C3\SC(=Nc4cccc(Cl)c4)NC3=O)c2C)c1. The smallest absolute Gasteiger partial charge is 0.264 e. The molecule has 29 heavy (non-hydrogen) atoms. The maximum absolute atomic E-state index is 12.4. The molecule has 146 valence electrons. The second-order valence-electron chi connectivity index (χ2n) is 6.96. The van der Waals surface area contributed by atoms with Crippen molar-refractivity contribution in [3.05, 3.63) is 87.0 Å². The van der Waals surface area contributed by atoms with E-state index in [1.54, 1.807) is 12.1 Å². The maximum atomic E-state index is 12.4. The maximum Gasteiger partial charge on any atom is 0.264 e. The molecule has 0 radical (unpaired) electrons. The van der Waals surface area contributed by atoms with E-state index >= 15 is 0 Å². The van der Waals surface area contributed by atoms with Gasteiger partial charge in [0.25, 0.3) is 5.91 Å². The quantitative estimate of drug-likeness (QED) is 0.531. The lowest BCUT2D eigenvalue weighted by molar-refractivity contribution is -0.115. The molecule has 2 heterocycles. The third-order valence-electron chi connectivity index (χ3n) is 4.71. The van der Waals surface area contributed by atoms with E-state index in [2.05, 4.69) is 66.0 Å². The summed E-state index contributed by atoms with van der Waals surface area (Å²) < 4.78 is 2.21. The summed E-state index contributed by atoms with van der Waals surface area (Å²) in [5.41, 5.74) is 6.27. The van der Waals surface area contributed by atoms with E-state index in [0.717, 1.165) is 22.6 Å². The summed E-state index contributed by atoms with van der Waals surface area (Å²) in [7, 11) is 0. The van der Waals surface area contributed by atoms with Crippen molar-refractivity contribution in [2.75, 3.05) is 0 Å². The average molecular weight is 422 g/mol. The summed E-state index contributed by atoms with van der Waals surface area (Å²) >= 11 is 7.35. The second-order valence-corrected chi connectivity index (χ2v) is 8.43. The molecular formula is C23H20ClN3OS. The molecule has 3 aromatic rings. The lowest BCUT2D eigenvalue weighted by Crippen LogP contribution is -2.19. The molecule has 1 fully saturated rings. The number of aliphatic imine (C=N–C) groups is 1. The van der Waals surface area contributed by atoms with Gasteiger partial charge >= 0.3 is 0 Å². The summed E-state index contributed by atoms with van der Waals surface area (Å²) in [6.07, 6.45) is 1.93. The number of amidine groups is 1. The highest BCUT2D eigenvalue weighted by Crippen LogP contribution is 2.31. The Bertz CT molecular complexity index is 1180. The van der Waals surface area contributed by atoms with Gasteiger partial charge in [-0.05, 0) is 86.1 Å². The lowest BCUT2D eigenvalue weighted by atomic mass is 10.2. The van der Waals surface area contributed by atoms with E-state index in [0.29, 0.717) is 20.8 Å². The molecule has 2 aromatic carbocycles. The number of aromatic nitrogens is 1. The van der Waals surface area contributed by atoms with E-state index in [1.165, 1.54) is 17.3 Å². The Morgan fingerprint density at radius 3 is 2.62 bits per heavy atom. The minimum atomic E-state index is -0.142. The predicted molar refractivity (Wildman–Crippen MR) is 122 cm³/mol. The lowest BCUT2D eigenvalue weighted by Gasteiger charge is -2.10. The van der Waals surface area contributed by atoms with Crippen LogP contribution in [0.3, 0.4) is 0 Å². The number of nitrogens with one attached hydrogen (secondary N) is 1. The van der Waals surface area contributed by atoms with Gasteiger partial charge in [-0.15, -0.1) is 0 Å². The van der Waals surface area contributed by atoms with Crippen LogP contribution >= 0.6 is 23.4 Å². The van der Waals surface area contributed by atoms with Crippen LogP contribution in [0.1, 0.15) is 22.5 Å². The van der Waals surface area contributed by atoms with Crippen LogP contribution in [0, 0.1) is 20.8 Å². The first-order valence-electron chi connectivity index (χ1n) is 9.22. The van der Waals surface area contributed by atoms with Gasteiger partial charge in [-0.2, -0.15) is 0 Å². The molecule has 1 aromatic heterocycles. The summed E-state index contributed by atoms with van der Waals surface area (Å²) in [5.74, 6) is -0.142. The van der Waals surface area contributed by atoms with Crippen molar-refractivity contribution in [3.8, 4) is 5.69 Å². The minimum Gasteiger partial charge on any atom is -0.318 e. The van der Waals surface area contributed by atoms with Crippen molar-refractivity contribution in [3.63, 3.8) is 0 Å². The number of thioether (sulfide) groups is 1. The Morgan fingerprint density at radius 1 is 1.07 bits per heavy atom. The van der Waals surface area contributed by atoms with Gasteiger partial charge in [0.05, 0.1) is 10.6 Å². The van der Waals surface area contributed by atoms with Gasteiger partial charge in [0.1, 0.15) is 0 Å². The summed E-state index contributed by atoms with van der Waals surface area (Å²) in [5, 5.41) is 3.99. The van der Waals surface area contributed by atoms with E-state index in [4.69, 9.17) is 11.6 Å². The van der Waals surface area contributed by atoms with Crippen LogP contribution in [0.25, 0.3) is 11.8 Å². The monoisotopic (exact) mass is 421 g/mol. The van der Waals surface area contributed by atoms with Crippen molar-refractivity contribution >= 4 is 46.2 Å². The van der Waals surface area contributed by atoms with Gasteiger partial charge in [0.15, 0.2) is 5.17 Å². The van der Waals surface area contributed by atoms with Crippen LogP contribution in [0.4, 0.5) is 5.69 Å². The fraction of sp³-hybridized carbons (Fsp3) is 0.130. The second kappa shape index (κ2) is 7.93. The Balaban J connectivity index is 1.65. The first kappa shape index (κ1) is 19.6. The number of rotatable bonds is 3. The van der Waals surface area contributed by atoms with Crippen LogP contribution in [0.2, 0.25) is 5.02 Å². The van der Waals surface area contributed by atoms with Gasteiger partial charge in [-0.3, -0.25) is 4.79 Å². The molecule has 0 aliphatic carbocycles. The van der Waals surface area contributed by atoms with Crippen LogP contribution in [0.5, 0.6) is 0 Å². The Morgan fingerprint density at radius 2 is 1.86 bits per heavy atom. The summed E-state index contributed by atoms with van der Waals surface area (Å²) in [4.78, 5) is 17.6. The molecule has 0 atom stereocenters. The van der Waals surface area contributed by atoms with Crippen molar-refractivity contribution in [1.82, 2.24) is 9.88 Å². The van der Waals surface area contributed by atoms with Crippen molar-refractivity contribution < 1.29 is 4.79 Å². The number of halogens is 1. The zero-order valence-electron chi connectivity index (χ0n) is 16.4. The number of carbonyl (C=O) groups is 1. The molecule has 1 aliphatic heterocycles. The number of hydrogen-bond acceptors (Lipinski definition) is 3. The standard InChI is InChI=1S/C23H20ClN3OS/c1-14-6-4-9-20(10-14)27-15(2)11-17(16(27)3)12-21-22(28)26-23(29-21)25-19-8-5-7-18(24)13-19/h4-13H,1-3H3,(H,25,26,28)/b21-12-. The first-order chi connectivity index (χ1) is 13.9. The number of hydrogen-bond donors (Lipinski definition) is 1. The normalized spacial score (nSPS) is 16.6. The third kappa shape index (κ3) is 4.16. The van der Waals surface area contributed by atoms with E-state index in [-0.39, 0.29) is 5.91 Å². The number of aryl methyl sites for hydroxylation is 2. The van der Waals surface area contributed by atoms with Gasteiger partial charge in [-0.25, -0.2) is 4.99 Å². The molecule has 4 nitrogen and oxygen atoms in total. The summed E-state index contributed by atoms with van der Waals surface area (Å²) in [6, 6.07) is 17.7. The molecule has 0 unspecified atom stereocenters. The van der Waals surface area contributed by atoms with Crippen LogP contribution in [0.15, 0.2) is 64.5 Å². The van der Waals surface area contributed by atoms with Crippen molar-refractivity contribution in [2.45, 2.75) is 20.8 Å². The molecule has 6 heteroatoms. The number of amides is 1. The Hall–Kier alpha value is -2.76. The molecule has 0 bridgehead atoms. The molecule has 0 saturated carbocycles. The molecule has 1 saturated heterocycles. The van der Waals surface area contributed by atoms with E-state index in [1.807, 2.05) is 18.2 Å². The van der Waals surface area contributed by atoms with Gasteiger partial charge in [-0.1, -0.05) is 29.8 Å². The van der Waals surface area contributed by atoms with Crippen LogP contribution < -0.4 is 5.32 Å². The highest BCUT2D eigenvalue weighted by molar-refractivity contribution is 8.18. The fourth-order valence-electron chi connectivity index (χ4n) is 3.38. The predicted octanol–water partition coefficient (Wildman–Crippen LogP) is 5.95. The highest BCUT2D eigenvalue weighted by Gasteiger charge is 2.24. The molecule has 4 rings (SSSR count). The van der Waals surface area contributed by atoms with Crippen LogP contribution in [-0.2, 0) is 4.79 Å². The summed E-state index contributed by atoms with van der Waals surface area (Å²) in [6.45, 7) is 6.23. The zero-order valence-corrected chi connectivity index (χ0v) is 17.9. The molecule has 1 aliphatic rings. The first-order valence-corrected chi connectivity index (χ1v) is 10.4. The molecule has 0 spiro atoms. The topological polar surface area (TPSA) is 46.4 Å². The van der Waals surface area contributed by atoms with Gasteiger partial charge in [0, 0.05) is 22.1 Å². The third-order valence-corrected chi connectivity index (χ3v) is 5.85. The zero-order chi connectivity index (χ0) is 20.5. The molecule has 1 N–H and O–H groups in total. The molecular weight excluding hydrogens is 402 g/mol. The van der Waals surface area contributed by atoms with Gasteiger partial charge in [0.2, 0.25) is 0 Å². The van der Waals surface area contributed by atoms with Crippen molar-refractivity contribution in [2.24, 2.45) is 4.99 Å². The Kier molecular flexibility index (Phi) is 5.35. The fourth-order valence-corrected chi connectivity index (χ4v) is 4.40.